The van der Waals surface area contributed by atoms with E-state index in [2.05, 4.69) is 33.2 Å². The van der Waals surface area contributed by atoms with Crippen LogP contribution in [0.25, 0.3) is 17.3 Å². The van der Waals surface area contributed by atoms with Crippen molar-refractivity contribution >= 4 is 17.4 Å². The summed E-state index contributed by atoms with van der Waals surface area (Å²) >= 11 is 6.28. The minimum Gasteiger partial charge on any atom is -0.274 e. The topological polar surface area (TPSA) is 78.7 Å². The summed E-state index contributed by atoms with van der Waals surface area (Å²) in [6.45, 7) is 6.80. The van der Waals surface area contributed by atoms with E-state index in [1.54, 1.807) is 9.20 Å². The van der Waals surface area contributed by atoms with Crippen molar-refractivity contribution in [2.75, 3.05) is 0 Å². The van der Waals surface area contributed by atoms with Crippen LogP contribution in [0.4, 0.5) is 0 Å². The molecule has 1 fully saturated rings. The number of hydrogen-bond acceptors (Lipinski definition) is 5. The maximum absolute atomic E-state index is 6.28. The second kappa shape index (κ2) is 6.13. The van der Waals surface area contributed by atoms with Crippen molar-refractivity contribution < 1.29 is 0 Å². The van der Waals surface area contributed by atoms with Gasteiger partial charge in [-0.3, -0.25) is 9.36 Å². The molecule has 4 heterocycles. The fraction of sp³-hybridized carbons (Fsp3) is 0.421. The third-order valence-electron chi connectivity index (χ3n) is 5.33. The van der Waals surface area contributed by atoms with Crippen molar-refractivity contribution in [3.8, 4) is 11.5 Å². The molecule has 0 unspecified atom stereocenters. The molecule has 0 saturated heterocycles. The lowest BCUT2D eigenvalue weighted by Gasteiger charge is -1.99. The first kappa shape index (κ1) is 17.4. The number of hydrogen-bond donors (Lipinski definition) is 0. The van der Waals surface area contributed by atoms with Crippen molar-refractivity contribution in [2.24, 2.45) is 7.05 Å². The van der Waals surface area contributed by atoms with Crippen molar-refractivity contribution in [1.29, 1.82) is 0 Å². The molecule has 0 spiro atoms. The molecule has 4 aromatic heterocycles. The molecular weight excluding hydrogens is 376 g/mol. The summed E-state index contributed by atoms with van der Waals surface area (Å²) in [6.07, 6.45) is 3.04. The van der Waals surface area contributed by atoms with Gasteiger partial charge in [-0.05, 0) is 45.2 Å². The molecule has 1 aliphatic carbocycles. The minimum absolute atomic E-state index is 0.354. The van der Waals surface area contributed by atoms with E-state index in [1.807, 2.05) is 37.8 Å². The molecule has 4 aromatic rings. The lowest BCUT2D eigenvalue weighted by molar-refractivity contribution is 0.649. The first-order valence-corrected chi connectivity index (χ1v) is 9.80. The minimum atomic E-state index is 0.354. The van der Waals surface area contributed by atoms with Crippen LogP contribution in [0.15, 0.2) is 18.3 Å². The highest BCUT2D eigenvalue weighted by atomic mass is 35.5. The standard InChI is InChI=1S/C19H21ClN8/c1-5-27-16(18-22-19-21-10(2)6-11(3)28(19)25-18)8-15(23-27)13-7-12(13)14-9-26(4)24-17(14)20/h6,8-9,12-13H,5,7H2,1-4H3/t12-,13-/m0/s1. The monoisotopic (exact) mass is 396 g/mol. The normalized spacial score (nSPS) is 18.9. The van der Waals surface area contributed by atoms with Crippen LogP contribution < -0.4 is 0 Å². The van der Waals surface area contributed by atoms with Gasteiger partial charge in [-0.1, -0.05) is 11.6 Å². The van der Waals surface area contributed by atoms with E-state index >= 15 is 0 Å². The molecule has 0 bridgehead atoms. The van der Waals surface area contributed by atoms with Crippen molar-refractivity contribution in [2.45, 2.75) is 45.6 Å². The van der Waals surface area contributed by atoms with E-state index in [1.165, 1.54) is 0 Å². The Balaban J connectivity index is 1.51. The zero-order valence-corrected chi connectivity index (χ0v) is 17.0. The van der Waals surface area contributed by atoms with Gasteiger partial charge >= 0.3 is 0 Å². The molecule has 9 heteroatoms. The molecule has 0 radical (unpaired) electrons. The Bertz CT molecular complexity index is 1200. The summed E-state index contributed by atoms with van der Waals surface area (Å²) in [4.78, 5) is 9.14. The van der Waals surface area contributed by atoms with Crippen LogP contribution in [-0.2, 0) is 13.6 Å². The van der Waals surface area contributed by atoms with Gasteiger partial charge in [0.2, 0.25) is 5.82 Å². The third kappa shape index (κ3) is 2.71. The van der Waals surface area contributed by atoms with Gasteiger partial charge in [0, 0.05) is 42.7 Å². The van der Waals surface area contributed by atoms with Crippen LogP contribution in [-0.4, -0.2) is 39.1 Å². The van der Waals surface area contributed by atoms with E-state index in [4.69, 9.17) is 16.7 Å². The van der Waals surface area contributed by atoms with Gasteiger partial charge in [-0.2, -0.15) is 15.2 Å². The van der Waals surface area contributed by atoms with Crippen LogP contribution in [0.5, 0.6) is 0 Å². The molecule has 1 aliphatic rings. The van der Waals surface area contributed by atoms with Crippen molar-refractivity contribution in [3.63, 3.8) is 0 Å². The maximum atomic E-state index is 6.28. The lowest BCUT2D eigenvalue weighted by Crippen LogP contribution is -2.01. The van der Waals surface area contributed by atoms with E-state index < -0.39 is 0 Å². The quantitative estimate of drug-likeness (QED) is 0.529. The largest absolute Gasteiger partial charge is 0.274 e. The summed E-state index contributed by atoms with van der Waals surface area (Å²) < 4.78 is 5.51. The molecule has 8 nitrogen and oxygen atoms in total. The van der Waals surface area contributed by atoms with E-state index in [-0.39, 0.29) is 0 Å². The summed E-state index contributed by atoms with van der Waals surface area (Å²) in [7, 11) is 1.89. The van der Waals surface area contributed by atoms with Crippen molar-refractivity contribution in [1.82, 2.24) is 39.1 Å². The Hall–Kier alpha value is -2.74. The first-order chi connectivity index (χ1) is 13.4. The zero-order chi connectivity index (χ0) is 19.6. The first-order valence-electron chi connectivity index (χ1n) is 9.42. The van der Waals surface area contributed by atoms with E-state index in [9.17, 15) is 0 Å². The van der Waals surface area contributed by atoms with Gasteiger partial charge in [0.05, 0.1) is 5.69 Å². The SMILES string of the molecule is CCn1nc([C@H]2C[C@@H]2c2cn(C)nc2Cl)cc1-c1nc2nc(C)cc(C)n2n1. The molecule has 144 valence electrons. The smallest absolute Gasteiger partial charge is 0.253 e. The summed E-state index contributed by atoms with van der Waals surface area (Å²) in [5.41, 5.74) is 5.02. The molecule has 2 atom stereocenters. The highest BCUT2D eigenvalue weighted by Gasteiger charge is 2.43. The number of rotatable bonds is 4. The number of aryl methyl sites for hydroxylation is 4. The van der Waals surface area contributed by atoms with Crippen LogP contribution >= 0.6 is 11.6 Å². The molecule has 0 N–H and O–H groups in total. The highest BCUT2D eigenvalue weighted by molar-refractivity contribution is 6.30. The Morgan fingerprint density at radius 3 is 2.64 bits per heavy atom. The average Bonchev–Trinajstić information content (AvgIpc) is 2.98. The van der Waals surface area contributed by atoms with Crippen LogP contribution in [0.1, 0.15) is 47.8 Å². The lowest BCUT2D eigenvalue weighted by atomic mass is 10.1. The summed E-state index contributed by atoms with van der Waals surface area (Å²) in [5.74, 6) is 1.99. The third-order valence-corrected chi connectivity index (χ3v) is 5.62. The van der Waals surface area contributed by atoms with Crippen LogP contribution in [0.3, 0.4) is 0 Å². The number of fused-ring (bicyclic) bond motifs is 1. The number of halogens is 1. The van der Waals surface area contributed by atoms with Crippen LogP contribution in [0.2, 0.25) is 5.15 Å². The van der Waals surface area contributed by atoms with Gasteiger partial charge < -0.3 is 0 Å². The molecule has 0 aromatic carbocycles. The van der Waals surface area contributed by atoms with Gasteiger partial charge in [0.25, 0.3) is 5.78 Å². The Kier molecular flexibility index (Phi) is 3.80. The molecular formula is C19H21ClN8. The molecule has 5 rings (SSSR count). The number of aromatic nitrogens is 8. The van der Waals surface area contributed by atoms with Gasteiger partial charge in [-0.25, -0.2) is 9.50 Å². The fourth-order valence-corrected chi connectivity index (χ4v) is 4.22. The molecule has 1 saturated carbocycles. The summed E-state index contributed by atoms with van der Waals surface area (Å²) in [6, 6.07) is 4.11. The zero-order valence-electron chi connectivity index (χ0n) is 16.3. The predicted octanol–water partition coefficient (Wildman–Crippen LogP) is 3.28. The van der Waals surface area contributed by atoms with Gasteiger partial charge in [0.15, 0.2) is 5.15 Å². The van der Waals surface area contributed by atoms with Gasteiger partial charge in [0.1, 0.15) is 5.69 Å². The summed E-state index contributed by atoms with van der Waals surface area (Å²) in [5, 5.41) is 14.3. The molecule has 0 aliphatic heterocycles. The Morgan fingerprint density at radius 1 is 1.11 bits per heavy atom. The van der Waals surface area contributed by atoms with Crippen LogP contribution in [0, 0.1) is 13.8 Å². The average molecular weight is 397 g/mol. The second-order valence-corrected chi connectivity index (χ2v) is 7.81. The predicted molar refractivity (Wildman–Crippen MR) is 105 cm³/mol. The highest BCUT2D eigenvalue weighted by Crippen LogP contribution is 2.55. The van der Waals surface area contributed by atoms with Gasteiger partial charge in [-0.15, -0.1) is 5.10 Å². The maximum Gasteiger partial charge on any atom is 0.253 e. The molecule has 0 amide bonds. The second-order valence-electron chi connectivity index (χ2n) is 7.45. The fourth-order valence-electron chi connectivity index (χ4n) is 3.91. The number of nitrogens with zero attached hydrogens (tertiary/aromatic N) is 8. The molecule has 28 heavy (non-hydrogen) atoms. The Morgan fingerprint density at radius 2 is 1.93 bits per heavy atom. The Labute approximate surface area is 167 Å². The van der Waals surface area contributed by atoms with E-state index in [0.717, 1.165) is 41.3 Å². The van der Waals surface area contributed by atoms with E-state index in [0.29, 0.717) is 28.6 Å². The van der Waals surface area contributed by atoms with Crippen molar-refractivity contribution in [3.05, 3.63) is 46.1 Å².